The van der Waals surface area contributed by atoms with Crippen LogP contribution in [0.5, 0.6) is 17.4 Å². The van der Waals surface area contributed by atoms with E-state index in [9.17, 15) is 4.39 Å². The highest BCUT2D eigenvalue weighted by atomic mass is 19.1. The van der Waals surface area contributed by atoms with Gasteiger partial charge in [0.15, 0.2) is 11.5 Å². The van der Waals surface area contributed by atoms with Gasteiger partial charge in [0.2, 0.25) is 5.88 Å². The lowest BCUT2D eigenvalue weighted by molar-refractivity contribution is 0.285. The molecule has 0 fully saturated rings. The third kappa shape index (κ3) is 5.61. The highest BCUT2D eigenvalue weighted by molar-refractivity contribution is 5.86. The maximum Gasteiger partial charge on any atom is 0.224 e. The maximum atomic E-state index is 13.3. The van der Waals surface area contributed by atoms with Crippen LogP contribution in [0.3, 0.4) is 0 Å². The van der Waals surface area contributed by atoms with Crippen molar-refractivity contribution < 1.29 is 18.6 Å². The summed E-state index contributed by atoms with van der Waals surface area (Å²) in [5.41, 5.74) is 4.37. The van der Waals surface area contributed by atoms with Crippen LogP contribution in [-0.4, -0.2) is 28.7 Å². The molecule has 174 valence electrons. The van der Waals surface area contributed by atoms with Gasteiger partial charge in [0.25, 0.3) is 0 Å². The van der Waals surface area contributed by atoms with Gasteiger partial charge >= 0.3 is 0 Å². The zero-order chi connectivity index (χ0) is 23.9. The second kappa shape index (κ2) is 10.7. The van der Waals surface area contributed by atoms with Crippen LogP contribution < -0.4 is 14.2 Å². The van der Waals surface area contributed by atoms with Gasteiger partial charge in [0.05, 0.1) is 23.8 Å². The number of ether oxygens (including phenoxy) is 3. The molecule has 4 aromatic rings. The van der Waals surface area contributed by atoms with Crippen LogP contribution in [-0.2, 0) is 13.0 Å². The molecule has 2 heterocycles. The Morgan fingerprint density at radius 1 is 1.09 bits per heavy atom. The van der Waals surface area contributed by atoms with Crippen molar-refractivity contribution in [2.24, 2.45) is 0 Å². The third-order valence-electron chi connectivity index (χ3n) is 5.17. The number of nitrogens with zero attached hydrogens (tertiary/aromatic N) is 2. The Balaban J connectivity index is 1.49. The largest absolute Gasteiger partial charge is 0.493 e. The Bertz CT molecular complexity index is 1320. The first kappa shape index (κ1) is 23.0. The molecule has 2 aromatic heterocycles. The lowest BCUT2D eigenvalue weighted by Gasteiger charge is -2.13. The zero-order valence-electron chi connectivity index (χ0n) is 19.2. The molecule has 0 aliphatic carbocycles. The summed E-state index contributed by atoms with van der Waals surface area (Å²) in [6, 6.07) is 15.4. The van der Waals surface area contributed by atoms with Crippen molar-refractivity contribution in [3.8, 4) is 17.4 Å². The number of aromatic amines is 1. The summed E-state index contributed by atoms with van der Waals surface area (Å²) in [5, 5.41) is 0.713. The van der Waals surface area contributed by atoms with E-state index in [2.05, 4.69) is 21.5 Å². The van der Waals surface area contributed by atoms with E-state index < -0.39 is 0 Å². The highest BCUT2D eigenvalue weighted by Gasteiger charge is 2.13. The molecule has 0 saturated carbocycles. The number of aromatic nitrogens is 3. The predicted octanol–water partition coefficient (Wildman–Crippen LogP) is 5.97. The quantitative estimate of drug-likeness (QED) is 0.316. The summed E-state index contributed by atoms with van der Waals surface area (Å²) in [5.74, 6) is 1.21. The number of nitrogens with one attached hydrogen (secondary N) is 1. The second-order valence-electron chi connectivity index (χ2n) is 7.77. The molecule has 4 rings (SSSR count). The molecule has 0 amide bonds. The average Bonchev–Trinajstić information content (AvgIpc) is 3.18. The first-order valence-electron chi connectivity index (χ1n) is 10.8. The normalized spacial score (nSPS) is 11.1. The van der Waals surface area contributed by atoms with Crippen LogP contribution in [0.4, 0.5) is 4.39 Å². The van der Waals surface area contributed by atoms with E-state index >= 15 is 0 Å². The van der Waals surface area contributed by atoms with Crippen molar-refractivity contribution in [2.75, 3.05) is 13.7 Å². The van der Waals surface area contributed by atoms with Gasteiger partial charge in [-0.3, -0.25) is 0 Å². The molecule has 0 unspecified atom stereocenters. The summed E-state index contributed by atoms with van der Waals surface area (Å²) in [4.78, 5) is 11.9. The van der Waals surface area contributed by atoms with Crippen molar-refractivity contribution in [3.63, 3.8) is 0 Å². The number of hydrogen-bond acceptors (Lipinski definition) is 5. The molecule has 2 aromatic carbocycles. The number of halogens is 1. The first-order chi connectivity index (χ1) is 16.5. The number of H-pyrrole nitrogens is 1. The van der Waals surface area contributed by atoms with Crippen molar-refractivity contribution in [3.05, 3.63) is 95.9 Å². The van der Waals surface area contributed by atoms with Gasteiger partial charge in [0, 0.05) is 23.9 Å². The van der Waals surface area contributed by atoms with Crippen molar-refractivity contribution in [1.29, 1.82) is 0 Å². The minimum atomic E-state index is -0.376. The molecule has 0 radical (unpaired) electrons. The summed E-state index contributed by atoms with van der Waals surface area (Å²) < 4.78 is 30.7. The number of methoxy groups -OCH3 is 1. The molecule has 0 bridgehead atoms. The lowest BCUT2D eigenvalue weighted by Crippen LogP contribution is -2.00. The third-order valence-corrected chi connectivity index (χ3v) is 5.17. The molecule has 7 heteroatoms. The lowest BCUT2D eigenvalue weighted by atomic mass is 10.1. The van der Waals surface area contributed by atoms with Crippen molar-refractivity contribution in [2.45, 2.75) is 20.0 Å². The van der Waals surface area contributed by atoms with Gasteiger partial charge in [0.1, 0.15) is 19.5 Å². The number of hydrogen-bond donors (Lipinski definition) is 1. The highest BCUT2D eigenvalue weighted by Crippen LogP contribution is 2.35. The van der Waals surface area contributed by atoms with Crippen LogP contribution in [0.15, 0.2) is 73.3 Å². The first-order valence-corrected chi connectivity index (χ1v) is 10.8. The van der Waals surface area contributed by atoms with Crippen LogP contribution >= 0.6 is 0 Å². The van der Waals surface area contributed by atoms with Gasteiger partial charge in [-0.05, 0) is 42.3 Å². The van der Waals surface area contributed by atoms with Gasteiger partial charge in [-0.2, -0.15) is 0 Å². The molecule has 6 nitrogen and oxygen atoms in total. The van der Waals surface area contributed by atoms with Crippen molar-refractivity contribution in [1.82, 2.24) is 15.0 Å². The molecule has 0 saturated heterocycles. The number of fused-ring (bicyclic) bond motifs is 1. The molecular formula is C27H26FN3O3. The Labute approximate surface area is 197 Å². The summed E-state index contributed by atoms with van der Waals surface area (Å²) in [6.07, 6.45) is 5.34. The fraction of sp³-hybridized carbons (Fsp3) is 0.185. The fourth-order valence-electron chi connectivity index (χ4n) is 3.63. The van der Waals surface area contributed by atoms with E-state index in [4.69, 9.17) is 14.2 Å². The van der Waals surface area contributed by atoms with E-state index in [1.165, 1.54) is 6.33 Å². The van der Waals surface area contributed by atoms with E-state index in [0.29, 0.717) is 34.9 Å². The average molecular weight is 460 g/mol. The summed E-state index contributed by atoms with van der Waals surface area (Å²) in [7, 11) is 1.59. The van der Waals surface area contributed by atoms with E-state index in [0.717, 1.165) is 22.5 Å². The number of aryl methyl sites for hydroxylation is 1. The zero-order valence-corrected chi connectivity index (χ0v) is 19.2. The van der Waals surface area contributed by atoms with Crippen LogP contribution in [0.1, 0.15) is 22.5 Å². The van der Waals surface area contributed by atoms with Crippen LogP contribution in [0, 0.1) is 6.92 Å². The van der Waals surface area contributed by atoms with Crippen LogP contribution in [0.25, 0.3) is 17.0 Å². The Morgan fingerprint density at radius 3 is 2.68 bits per heavy atom. The van der Waals surface area contributed by atoms with Crippen LogP contribution in [0.2, 0.25) is 0 Å². The standard InChI is InChI=1S/C27H26FN3O3/c1-18(28)12-21-13-19(2)31-23(21)10-7-11-33-27-22-14-25(32-3)26(15-24(22)29-17-30-27)34-16-20-8-5-4-6-9-20/h4-10,13-15,17,31H,1,11-12,16H2,2-3H3. The summed E-state index contributed by atoms with van der Waals surface area (Å²) in [6.45, 7) is 5.96. The summed E-state index contributed by atoms with van der Waals surface area (Å²) >= 11 is 0. The predicted molar refractivity (Wildman–Crippen MR) is 131 cm³/mol. The van der Waals surface area contributed by atoms with Gasteiger partial charge < -0.3 is 19.2 Å². The van der Waals surface area contributed by atoms with Gasteiger partial charge in [-0.15, -0.1) is 0 Å². The van der Waals surface area contributed by atoms with Gasteiger partial charge in [-0.25, -0.2) is 14.4 Å². The Morgan fingerprint density at radius 2 is 1.91 bits per heavy atom. The van der Waals surface area contributed by atoms with Crippen molar-refractivity contribution >= 4 is 17.0 Å². The Hall–Kier alpha value is -4.13. The number of benzene rings is 2. The Kier molecular flexibility index (Phi) is 7.22. The molecule has 34 heavy (non-hydrogen) atoms. The molecular weight excluding hydrogens is 433 g/mol. The minimum Gasteiger partial charge on any atom is -0.493 e. The SMILES string of the molecule is C=C(F)Cc1cc(C)[nH]c1C=CCOc1ncnc2cc(OCc3ccccc3)c(OC)cc12. The second-order valence-corrected chi connectivity index (χ2v) is 7.77. The molecule has 1 N–H and O–H groups in total. The molecule has 0 aliphatic rings. The fourth-order valence-corrected chi connectivity index (χ4v) is 3.63. The smallest absolute Gasteiger partial charge is 0.224 e. The number of allylic oxidation sites excluding steroid dienone is 1. The topological polar surface area (TPSA) is 69.3 Å². The van der Waals surface area contributed by atoms with E-state index in [1.54, 1.807) is 7.11 Å². The number of rotatable bonds is 10. The van der Waals surface area contributed by atoms with E-state index in [1.807, 2.05) is 67.6 Å². The van der Waals surface area contributed by atoms with E-state index in [-0.39, 0.29) is 18.9 Å². The van der Waals surface area contributed by atoms with Gasteiger partial charge in [-0.1, -0.05) is 36.9 Å². The molecule has 0 atom stereocenters. The minimum absolute atomic E-state index is 0.176. The molecule has 0 aliphatic heterocycles. The maximum absolute atomic E-state index is 13.3. The monoisotopic (exact) mass is 459 g/mol. The molecule has 0 spiro atoms.